The number of piperazine rings is 1. The number of hydrogen-bond acceptors (Lipinski definition) is 3. The van der Waals surface area contributed by atoms with Crippen molar-refractivity contribution < 1.29 is 0 Å². The molecule has 2 fully saturated rings. The Balaban J connectivity index is 1.91. The molecule has 0 aromatic heterocycles. The summed E-state index contributed by atoms with van der Waals surface area (Å²) in [7, 11) is 2.21. The van der Waals surface area contributed by atoms with Crippen LogP contribution in [0.4, 0.5) is 5.69 Å². The van der Waals surface area contributed by atoms with Gasteiger partial charge in [0.25, 0.3) is 0 Å². The van der Waals surface area contributed by atoms with Crippen molar-refractivity contribution in [2.24, 2.45) is 5.73 Å². The Hall–Kier alpha value is -1.06. The van der Waals surface area contributed by atoms with E-state index in [0.29, 0.717) is 0 Å². The van der Waals surface area contributed by atoms with Gasteiger partial charge in [-0.15, -0.1) is 0 Å². The van der Waals surface area contributed by atoms with Crippen LogP contribution in [0.5, 0.6) is 0 Å². The molecule has 0 radical (unpaired) electrons. The molecule has 21 heavy (non-hydrogen) atoms. The normalized spacial score (nSPS) is 23.2. The molecule has 3 heteroatoms. The lowest BCUT2D eigenvalue weighted by molar-refractivity contribution is 0.295. The van der Waals surface area contributed by atoms with Crippen LogP contribution in [0.2, 0.25) is 0 Å². The fourth-order valence-corrected chi connectivity index (χ4v) is 4.06. The van der Waals surface area contributed by atoms with Gasteiger partial charge in [-0.25, -0.2) is 0 Å². The summed E-state index contributed by atoms with van der Waals surface area (Å²) in [4.78, 5) is 4.99. The van der Waals surface area contributed by atoms with Crippen LogP contribution in [0, 0.1) is 0 Å². The Bertz CT molecular complexity index is 457. The number of benzene rings is 1. The number of likely N-dealkylation sites (N-methyl/N-ethyl adjacent to an activating group) is 1. The molecule has 1 aliphatic carbocycles. The first-order chi connectivity index (χ1) is 10.2. The van der Waals surface area contributed by atoms with Crippen LogP contribution in [0.3, 0.4) is 0 Å². The van der Waals surface area contributed by atoms with Crippen molar-refractivity contribution in [3.8, 4) is 0 Å². The zero-order valence-corrected chi connectivity index (χ0v) is 13.4. The molecule has 2 aliphatic rings. The summed E-state index contributed by atoms with van der Waals surface area (Å²) in [5.41, 5.74) is 9.44. The zero-order valence-electron chi connectivity index (χ0n) is 13.4. The van der Waals surface area contributed by atoms with Gasteiger partial charge < -0.3 is 15.5 Å². The van der Waals surface area contributed by atoms with E-state index >= 15 is 0 Å². The van der Waals surface area contributed by atoms with Gasteiger partial charge in [0.05, 0.1) is 0 Å². The zero-order chi connectivity index (χ0) is 14.7. The maximum absolute atomic E-state index is 6.26. The highest BCUT2D eigenvalue weighted by Crippen LogP contribution is 2.42. The van der Waals surface area contributed by atoms with Crippen molar-refractivity contribution in [2.75, 3.05) is 44.7 Å². The Morgan fingerprint density at radius 1 is 1.00 bits per heavy atom. The smallest absolute Gasteiger partial charge is 0.0405 e. The van der Waals surface area contributed by atoms with Crippen LogP contribution in [0.1, 0.15) is 37.7 Å². The molecule has 2 N–H and O–H groups in total. The minimum atomic E-state index is 0.220. The Labute approximate surface area is 129 Å². The van der Waals surface area contributed by atoms with Crippen molar-refractivity contribution >= 4 is 5.69 Å². The monoisotopic (exact) mass is 287 g/mol. The predicted octanol–water partition coefficient (Wildman–Crippen LogP) is 2.60. The third kappa shape index (κ3) is 2.95. The van der Waals surface area contributed by atoms with Gasteiger partial charge in [0.2, 0.25) is 0 Å². The predicted molar refractivity (Wildman–Crippen MR) is 90.0 cm³/mol. The largest absolute Gasteiger partial charge is 0.369 e. The highest BCUT2D eigenvalue weighted by molar-refractivity contribution is 5.57. The number of anilines is 1. The number of hydrogen-bond donors (Lipinski definition) is 1. The highest BCUT2D eigenvalue weighted by Gasteiger charge is 2.35. The van der Waals surface area contributed by atoms with Gasteiger partial charge in [0, 0.05) is 43.8 Å². The lowest BCUT2D eigenvalue weighted by Gasteiger charge is -2.42. The average Bonchev–Trinajstić information content (AvgIpc) is 2.56. The molecule has 3 rings (SSSR count). The summed E-state index contributed by atoms with van der Waals surface area (Å²) >= 11 is 0. The topological polar surface area (TPSA) is 32.5 Å². The van der Waals surface area contributed by atoms with Crippen LogP contribution < -0.4 is 10.6 Å². The molecule has 0 atom stereocenters. The van der Waals surface area contributed by atoms with E-state index in [2.05, 4.69) is 41.1 Å². The van der Waals surface area contributed by atoms with Gasteiger partial charge in [-0.05, 0) is 31.5 Å². The van der Waals surface area contributed by atoms with E-state index in [4.69, 9.17) is 5.73 Å². The highest BCUT2D eigenvalue weighted by atomic mass is 15.2. The second-order valence-corrected chi connectivity index (χ2v) is 6.85. The third-order valence-electron chi connectivity index (χ3n) is 5.52. The van der Waals surface area contributed by atoms with Gasteiger partial charge in [-0.2, -0.15) is 0 Å². The fraction of sp³-hybridized carbons (Fsp3) is 0.667. The van der Waals surface area contributed by atoms with Crippen LogP contribution in [0.25, 0.3) is 0 Å². The van der Waals surface area contributed by atoms with Crippen molar-refractivity contribution in [1.82, 2.24) is 4.90 Å². The van der Waals surface area contributed by atoms with Crippen molar-refractivity contribution in [3.63, 3.8) is 0 Å². The Kier molecular flexibility index (Phi) is 4.51. The second-order valence-electron chi connectivity index (χ2n) is 6.85. The first-order valence-electron chi connectivity index (χ1n) is 8.48. The summed E-state index contributed by atoms with van der Waals surface area (Å²) < 4.78 is 0. The molecule has 1 heterocycles. The summed E-state index contributed by atoms with van der Waals surface area (Å²) in [5, 5.41) is 0. The molecular formula is C18H29N3. The molecule has 0 amide bonds. The van der Waals surface area contributed by atoms with E-state index in [1.807, 2.05) is 0 Å². The van der Waals surface area contributed by atoms with Crippen LogP contribution in [0.15, 0.2) is 24.3 Å². The maximum atomic E-state index is 6.26. The quantitative estimate of drug-likeness (QED) is 0.927. The van der Waals surface area contributed by atoms with E-state index in [0.717, 1.165) is 32.7 Å². The second kappa shape index (κ2) is 6.37. The van der Waals surface area contributed by atoms with E-state index in [1.165, 1.54) is 43.4 Å². The number of rotatable bonds is 3. The van der Waals surface area contributed by atoms with Crippen molar-refractivity contribution in [2.45, 2.75) is 37.5 Å². The van der Waals surface area contributed by atoms with Gasteiger partial charge in [-0.3, -0.25) is 0 Å². The van der Waals surface area contributed by atoms with E-state index in [-0.39, 0.29) is 5.41 Å². The van der Waals surface area contributed by atoms with Gasteiger partial charge >= 0.3 is 0 Å². The first-order valence-corrected chi connectivity index (χ1v) is 8.48. The third-order valence-corrected chi connectivity index (χ3v) is 5.52. The van der Waals surface area contributed by atoms with Crippen LogP contribution in [-0.2, 0) is 5.41 Å². The van der Waals surface area contributed by atoms with Gasteiger partial charge in [0.1, 0.15) is 0 Å². The average molecular weight is 287 g/mol. The van der Waals surface area contributed by atoms with Crippen LogP contribution in [-0.4, -0.2) is 44.7 Å². The molecule has 1 aromatic carbocycles. The molecule has 1 aliphatic heterocycles. The van der Waals surface area contributed by atoms with Gasteiger partial charge in [-0.1, -0.05) is 37.5 Å². The number of nitrogens with two attached hydrogens (primary N) is 1. The minimum Gasteiger partial charge on any atom is -0.369 e. The Morgan fingerprint density at radius 2 is 1.67 bits per heavy atom. The molecule has 1 aromatic rings. The Morgan fingerprint density at radius 3 is 2.33 bits per heavy atom. The van der Waals surface area contributed by atoms with E-state index in [1.54, 1.807) is 0 Å². The lowest BCUT2D eigenvalue weighted by atomic mass is 9.69. The molecule has 116 valence electrons. The molecular weight excluding hydrogens is 258 g/mol. The van der Waals surface area contributed by atoms with E-state index in [9.17, 15) is 0 Å². The standard InChI is InChI=1S/C18H29N3/c1-20-11-13-21(14-12-20)17-8-4-3-7-16(17)18(15-19)9-5-2-6-10-18/h3-4,7-8H,2,5-6,9-15,19H2,1H3. The lowest BCUT2D eigenvalue weighted by Crippen LogP contribution is -2.46. The van der Waals surface area contributed by atoms with Crippen LogP contribution >= 0.6 is 0 Å². The summed E-state index contributed by atoms with van der Waals surface area (Å²) in [5.74, 6) is 0. The van der Waals surface area contributed by atoms with Crippen molar-refractivity contribution in [1.29, 1.82) is 0 Å². The van der Waals surface area contributed by atoms with E-state index < -0.39 is 0 Å². The number of para-hydroxylation sites is 1. The van der Waals surface area contributed by atoms with Gasteiger partial charge in [0.15, 0.2) is 0 Å². The molecule has 1 saturated heterocycles. The molecule has 0 unspecified atom stereocenters. The summed E-state index contributed by atoms with van der Waals surface area (Å²) in [6.45, 7) is 5.37. The fourth-order valence-electron chi connectivity index (χ4n) is 4.06. The molecule has 0 spiro atoms. The molecule has 0 bridgehead atoms. The maximum Gasteiger partial charge on any atom is 0.0405 e. The first kappa shape index (κ1) is 14.9. The molecule has 1 saturated carbocycles. The number of nitrogens with zero attached hydrogens (tertiary/aromatic N) is 2. The summed E-state index contributed by atoms with van der Waals surface area (Å²) in [6.07, 6.45) is 6.55. The summed E-state index contributed by atoms with van der Waals surface area (Å²) in [6, 6.07) is 9.03. The van der Waals surface area contributed by atoms with Crippen molar-refractivity contribution in [3.05, 3.63) is 29.8 Å². The SMILES string of the molecule is CN1CCN(c2ccccc2C2(CN)CCCCC2)CC1. The minimum absolute atomic E-state index is 0.220. The molecule has 3 nitrogen and oxygen atoms in total.